The lowest BCUT2D eigenvalue weighted by Crippen LogP contribution is -2.29. The molecule has 3 N–H and O–H groups in total. The molecule has 1 rings (SSSR count). The molecular weight excluding hydrogens is 217 g/mol. The zero-order valence-electron chi connectivity index (χ0n) is 7.79. The SMILES string of the molecule is C=CS(=O)(=O)Nc1cccc(B(O)O)c1. The highest BCUT2D eigenvalue weighted by molar-refractivity contribution is 7.95. The highest BCUT2D eigenvalue weighted by atomic mass is 32.2. The average Bonchev–Trinajstić information content (AvgIpc) is 2.17. The largest absolute Gasteiger partial charge is 0.488 e. The Morgan fingerprint density at radius 1 is 1.40 bits per heavy atom. The third-order valence-corrected chi connectivity index (χ3v) is 2.62. The summed E-state index contributed by atoms with van der Waals surface area (Å²) < 4.78 is 24.4. The van der Waals surface area contributed by atoms with Crippen LogP contribution in [-0.2, 0) is 10.0 Å². The molecule has 15 heavy (non-hydrogen) atoms. The Labute approximate surface area is 88.3 Å². The van der Waals surface area contributed by atoms with Crippen molar-refractivity contribution >= 4 is 28.3 Å². The third-order valence-electron chi connectivity index (χ3n) is 1.66. The number of sulfonamides is 1. The van der Waals surface area contributed by atoms with Crippen LogP contribution < -0.4 is 10.2 Å². The van der Waals surface area contributed by atoms with Crippen LogP contribution in [0.5, 0.6) is 0 Å². The standard InChI is InChI=1S/C8H10BNO4S/c1-2-15(13,14)10-8-5-3-4-7(6-8)9(11)12/h2-6,10-12H,1H2. The summed E-state index contributed by atoms with van der Waals surface area (Å²) in [5.41, 5.74) is 0.458. The quantitative estimate of drug-likeness (QED) is 0.591. The Balaban J connectivity index is 2.97. The molecule has 0 saturated carbocycles. The molecular formula is C8H10BNO4S. The highest BCUT2D eigenvalue weighted by Crippen LogP contribution is 2.07. The lowest BCUT2D eigenvalue weighted by Gasteiger charge is -2.05. The van der Waals surface area contributed by atoms with Gasteiger partial charge in [0.2, 0.25) is 0 Å². The maximum Gasteiger partial charge on any atom is 0.488 e. The van der Waals surface area contributed by atoms with Crippen molar-refractivity contribution < 1.29 is 18.5 Å². The topological polar surface area (TPSA) is 86.6 Å². The van der Waals surface area contributed by atoms with Crippen LogP contribution >= 0.6 is 0 Å². The summed E-state index contributed by atoms with van der Waals surface area (Å²) in [6.45, 7) is 3.14. The molecule has 0 saturated heterocycles. The van der Waals surface area contributed by atoms with E-state index in [0.29, 0.717) is 0 Å². The summed E-state index contributed by atoms with van der Waals surface area (Å²) in [5, 5.41) is 18.5. The predicted molar refractivity (Wildman–Crippen MR) is 59.0 cm³/mol. The van der Waals surface area contributed by atoms with Crippen LogP contribution in [0.25, 0.3) is 0 Å². The second-order valence-corrected chi connectivity index (χ2v) is 4.44. The number of anilines is 1. The first-order valence-electron chi connectivity index (χ1n) is 4.06. The van der Waals surface area contributed by atoms with Gasteiger partial charge in [-0.05, 0) is 17.6 Å². The molecule has 0 fully saturated rings. The normalized spacial score (nSPS) is 10.8. The molecule has 80 valence electrons. The Kier molecular flexibility index (Phi) is 3.51. The second kappa shape index (κ2) is 4.48. The monoisotopic (exact) mass is 227 g/mol. The molecule has 0 aromatic heterocycles. The summed E-state index contributed by atoms with van der Waals surface area (Å²) in [4.78, 5) is 0. The van der Waals surface area contributed by atoms with Crippen LogP contribution in [0.4, 0.5) is 5.69 Å². The minimum absolute atomic E-state index is 0.208. The fourth-order valence-electron chi connectivity index (χ4n) is 0.969. The fraction of sp³-hybridized carbons (Fsp3) is 0. The average molecular weight is 227 g/mol. The molecule has 0 aliphatic rings. The number of hydrogen-bond acceptors (Lipinski definition) is 4. The van der Waals surface area contributed by atoms with E-state index in [1.54, 1.807) is 0 Å². The first-order chi connectivity index (χ1) is 6.94. The molecule has 0 radical (unpaired) electrons. The Hall–Kier alpha value is -1.31. The van der Waals surface area contributed by atoms with E-state index in [0.717, 1.165) is 5.41 Å². The van der Waals surface area contributed by atoms with Crippen molar-refractivity contribution in [3.63, 3.8) is 0 Å². The van der Waals surface area contributed by atoms with Crippen molar-refractivity contribution in [1.29, 1.82) is 0 Å². The summed E-state index contributed by atoms with van der Waals surface area (Å²) in [6.07, 6.45) is 0. The van der Waals surface area contributed by atoms with E-state index in [-0.39, 0.29) is 11.2 Å². The zero-order valence-corrected chi connectivity index (χ0v) is 8.61. The van der Waals surface area contributed by atoms with Crippen molar-refractivity contribution in [2.24, 2.45) is 0 Å². The zero-order chi connectivity index (χ0) is 11.5. The molecule has 0 atom stereocenters. The van der Waals surface area contributed by atoms with Crippen LogP contribution in [0.2, 0.25) is 0 Å². The summed E-state index contributed by atoms with van der Waals surface area (Å²) in [6, 6.07) is 5.80. The van der Waals surface area contributed by atoms with Crippen LogP contribution in [0.1, 0.15) is 0 Å². The molecule has 0 spiro atoms. The smallest absolute Gasteiger partial charge is 0.423 e. The van der Waals surface area contributed by atoms with Crippen molar-refractivity contribution in [3.05, 3.63) is 36.3 Å². The van der Waals surface area contributed by atoms with Gasteiger partial charge in [0, 0.05) is 11.1 Å². The molecule has 7 heteroatoms. The maximum atomic E-state index is 11.1. The summed E-state index contributed by atoms with van der Waals surface area (Å²) in [5.74, 6) is 0. The lowest BCUT2D eigenvalue weighted by atomic mass is 9.80. The van der Waals surface area contributed by atoms with Crippen molar-refractivity contribution in [1.82, 2.24) is 0 Å². The van der Waals surface area contributed by atoms with Gasteiger partial charge in [0.1, 0.15) is 0 Å². The maximum absolute atomic E-state index is 11.1. The third kappa shape index (κ3) is 3.39. The van der Waals surface area contributed by atoms with E-state index >= 15 is 0 Å². The number of hydrogen-bond donors (Lipinski definition) is 3. The number of nitrogens with one attached hydrogen (secondary N) is 1. The molecule has 5 nitrogen and oxygen atoms in total. The Bertz CT molecular complexity index is 457. The first kappa shape index (κ1) is 11.8. The van der Waals surface area contributed by atoms with Gasteiger partial charge in [0.15, 0.2) is 0 Å². The molecule has 0 aliphatic heterocycles. The molecule has 0 amide bonds. The Morgan fingerprint density at radius 2 is 2.07 bits per heavy atom. The van der Waals surface area contributed by atoms with Gasteiger partial charge in [-0.3, -0.25) is 4.72 Å². The van der Waals surface area contributed by atoms with Crippen LogP contribution in [0.15, 0.2) is 36.3 Å². The van der Waals surface area contributed by atoms with E-state index < -0.39 is 17.1 Å². The van der Waals surface area contributed by atoms with Gasteiger partial charge in [-0.2, -0.15) is 0 Å². The second-order valence-electron chi connectivity index (χ2n) is 2.81. The number of benzene rings is 1. The van der Waals surface area contributed by atoms with Gasteiger partial charge in [0.05, 0.1) is 0 Å². The first-order valence-corrected chi connectivity index (χ1v) is 5.60. The Morgan fingerprint density at radius 3 is 2.60 bits per heavy atom. The molecule has 0 aliphatic carbocycles. The summed E-state index contributed by atoms with van der Waals surface area (Å²) in [7, 11) is -5.19. The van der Waals surface area contributed by atoms with Crippen molar-refractivity contribution in [2.45, 2.75) is 0 Å². The molecule has 1 aromatic carbocycles. The summed E-state index contributed by atoms with van der Waals surface area (Å²) >= 11 is 0. The van der Waals surface area contributed by atoms with Gasteiger partial charge in [0.25, 0.3) is 10.0 Å². The van der Waals surface area contributed by atoms with Gasteiger partial charge < -0.3 is 10.0 Å². The minimum atomic E-state index is -3.56. The van der Waals surface area contributed by atoms with Gasteiger partial charge >= 0.3 is 7.12 Å². The highest BCUT2D eigenvalue weighted by Gasteiger charge is 2.12. The molecule has 0 unspecified atom stereocenters. The lowest BCUT2D eigenvalue weighted by molar-refractivity contribution is 0.426. The molecule has 0 heterocycles. The van der Waals surface area contributed by atoms with Gasteiger partial charge in [-0.15, -0.1) is 0 Å². The van der Waals surface area contributed by atoms with Gasteiger partial charge in [-0.25, -0.2) is 8.42 Å². The molecule has 0 bridgehead atoms. The van der Waals surface area contributed by atoms with E-state index in [9.17, 15) is 8.42 Å². The fourth-order valence-corrected chi connectivity index (χ4v) is 1.51. The predicted octanol–water partition coefficient (Wildman–Crippen LogP) is -0.748. The van der Waals surface area contributed by atoms with E-state index in [4.69, 9.17) is 10.0 Å². The van der Waals surface area contributed by atoms with Crippen molar-refractivity contribution in [3.8, 4) is 0 Å². The van der Waals surface area contributed by atoms with Crippen LogP contribution in [-0.4, -0.2) is 25.6 Å². The van der Waals surface area contributed by atoms with Crippen LogP contribution in [0, 0.1) is 0 Å². The van der Waals surface area contributed by atoms with Crippen LogP contribution in [0.3, 0.4) is 0 Å². The van der Waals surface area contributed by atoms with Crippen molar-refractivity contribution in [2.75, 3.05) is 4.72 Å². The van der Waals surface area contributed by atoms with E-state index in [2.05, 4.69) is 11.3 Å². The molecule has 1 aromatic rings. The van der Waals surface area contributed by atoms with E-state index in [1.165, 1.54) is 24.3 Å². The van der Waals surface area contributed by atoms with Gasteiger partial charge in [-0.1, -0.05) is 18.7 Å². The van der Waals surface area contributed by atoms with E-state index in [1.807, 2.05) is 0 Å². The number of rotatable bonds is 4. The minimum Gasteiger partial charge on any atom is -0.423 e.